The second kappa shape index (κ2) is 7.28. The maximum Gasteiger partial charge on any atom is 0.305 e. The molecule has 1 aliphatic carbocycles. The number of likely N-dealkylation sites (tertiary alicyclic amines) is 1. The first kappa shape index (κ1) is 14.8. The van der Waals surface area contributed by atoms with Gasteiger partial charge in [0.2, 0.25) is 0 Å². The highest BCUT2D eigenvalue weighted by Gasteiger charge is 2.38. The van der Waals surface area contributed by atoms with Crippen molar-refractivity contribution in [1.82, 2.24) is 4.90 Å². The van der Waals surface area contributed by atoms with Gasteiger partial charge in [0.15, 0.2) is 0 Å². The first-order chi connectivity index (χ1) is 9.23. The maximum absolute atomic E-state index is 11.4. The van der Waals surface area contributed by atoms with Crippen molar-refractivity contribution < 1.29 is 9.90 Å². The van der Waals surface area contributed by atoms with E-state index >= 15 is 0 Å². The van der Waals surface area contributed by atoms with Crippen molar-refractivity contribution in [3.8, 4) is 0 Å². The standard InChI is InChI=1S/C16H29NO2/c18-15(19)14-16(10-6-2-1-3-7-11-16)17-12-8-4-5-9-13-17/h1-14H2,(H,18,19). The summed E-state index contributed by atoms with van der Waals surface area (Å²) in [6.07, 6.45) is 14.0. The molecule has 0 bridgehead atoms. The van der Waals surface area contributed by atoms with E-state index in [2.05, 4.69) is 4.90 Å². The molecule has 1 saturated carbocycles. The largest absolute Gasteiger partial charge is 0.481 e. The van der Waals surface area contributed by atoms with Crippen LogP contribution in [0.5, 0.6) is 0 Å². The average Bonchev–Trinajstić information content (AvgIpc) is 2.61. The van der Waals surface area contributed by atoms with E-state index < -0.39 is 5.97 Å². The predicted octanol–water partition coefficient (Wildman–Crippen LogP) is 3.82. The third-order valence-electron chi connectivity index (χ3n) is 5.04. The van der Waals surface area contributed by atoms with E-state index in [1.54, 1.807) is 0 Å². The Kier molecular flexibility index (Phi) is 5.68. The van der Waals surface area contributed by atoms with E-state index in [1.807, 2.05) is 0 Å². The van der Waals surface area contributed by atoms with Gasteiger partial charge >= 0.3 is 5.97 Å². The lowest BCUT2D eigenvalue weighted by Gasteiger charge is -2.44. The number of carbonyl (C=O) groups is 1. The molecule has 2 fully saturated rings. The number of carboxylic acid groups (broad SMARTS) is 1. The third kappa shape index (κ3) is 4.20. The molecule has 0 radical (unpaired) electrons. The van der Waals surface area contributed by atoms with E-state index in [-0.39, 0.29) is 5.54 Å². The summed E-state index contributed by atoms with van der Waals surface area (Å²) in [5, 5.41) is 9.37. The van der Waals surface area contributed by atoms with Crippen LogP contribution in [0, 0.1) is 0 Å². The minimum Gasteiger partial charge on any atom is -0.481 e. The van der Waals surface area contributed by atoms with Gasteiger partial charge in [0.05, 0.1) is 6.42 Å². The zero-order valence-electron chi connectivity index (χ0n) is 12.2. The molecule has 0 aromatic heterocycles. The molecule has 0 spiro atoms. The molecule has 2 rings (SSSR count). The van der Waals surface area contributed by atoms with Crippen molar-refractivity contribution in [3.05, 3.63) is 0 Å². The lowest BCUT2D eigenvalue weighted by atomic mass is 9.79. The molecule has 19 heavy (non-hydrogen) atoms. The molecule has 3 heteroatoms. The highest BCUT2D eigenvalue weighted by atomic mass is 16.4. The average molecular weight is 267 g/mol. The van der Waals surface area contributed by atoms with Gasteiger partial charge < -0.3 is 5.11 Å². The zero-order valence-corrected chi connectivity index (χ0v) is 12.2. The molecule has 1 N–H and O–H groups in total. The van der Waals surface area contributed by atoms with Crippen LogP contribution in [-0.4, -0.2) is 34.6 Å². The maximum atomic E-state index is 11.4. The number of rotatable bonds is 3. The summed E-state index contributed by atoms with van der Waals surface area (Å²) >= 11 is 0. The lowest BCUT2D eigenvalue weighted by molar-refractivity contribution is -0.141. The van der Waals surface area contributed by atoms with E-state index in [1.165, 1.54) is 57.8 Å². The molecular formula is C16H29NO2. The molecule has 0 aromatic carbocycles. The fourth-order valence-electron chi connectivity index (χ4n) is 3.99. The summed E-state index contributed by atoms with van der Waals surface area (Å²) in [6, 6.07) is 0. The number of hydrogen-bond acceptors (Lipinski definition) is 2. The highest BCUT2D eigenvalue weighted by molar-refractivity contribution is 5.68. The fourth-order valence-corrected chi connectivity index (χ4v) is 3.99. The second-order valence-corrected chi connectivity index (χ2v) is 6.46. The lowest BCUT2D eigenvalue weighted by Crippen LogP contribution is -2.51. The van der Waals surface area contributed by atoms with Crippen LogP contribution in [0.3, 0.4) is 0 Å². The van der Waals surface area contributed by atoms with E-state index in [0.717, 1.165) is 25.9 Å². The number of nitrogens with zero attached hydrogens (tertiary/aromatic N) is 1. The Bertz CT molecular complexity index is 274. The van der Waals surface area contributed by atoms with Gasteiger partial charge in [-0.15, -0.1) is 0 Å². The molecule has 0 amide bonds. The molecule has 2 aliphatic rings. The highest BCUT2D eigenvalue weighted by Crippen LogP contribution is 2.36. The monoisotopic (exact) mass is 267 g/mol. The van der Waals surface area contributed by atoms with E-state index in [9.17, 15) is 9.90 Å². The first-order valence-corrected chi connectivity index (χ1v) is 8.20. The molecule has 1 aliphatic heterocycles. The first-order valence-electron chi connectivity index (χ1n) is 8.20. The summed E-state index contributed by atoms with van der Waals surface area (Å²) in [4.78, 5) is 13.9. The molecule has 1 saturated heterocycles. The molecule has 1 heterocycles. The quantitative estimate of drug-likeness (QED) is 0.845. The van der Waals surface area contributed by atoms with Crippen molar-refractivity contribution in [2.45, 2.75) is 82.6 Å². The number of aliphatic carboxylic acids is 1. The molecule has 0 unspecified atom stereocenters. The minimum atomic E-state index is -0.607. The Labute approximate surface area is 117 Å². The van der Waals surface area contributed by atoms with E-state index in [0.29, 0.717) is 6.42 Å². The summed E-state index contributed by atoms with van der Waals surface area (Å²) in [7, 11) is 0. The zero-order chi connectivity index (χ0) is 13.6. The Morgan fingerprint density at radius 3 is 1.84 bits per heavy atom. The van der Waals surface area contributed by atoms with Gasteiger partial charge in [-0.25, -0.2) is 0 Å². The predicted molar refractivity (Wildman–Crippen MR) is 77.3 cm³/mol. The molecule has 3 nitrogen and oxygen atoms in total. The van der Waals surface area contributed by atoms with Gasteiger partial charge in [0, 0.05) is 5.54 Å². The summed E-state index contributed by atoms with van der Waals surface area (Å²) in [5.74, 6) is -0.607. The van der Waals surface area contributed by atoms with Gasteiger partial charge in [-0.3, -0.25) is 9.69 Å². The van der Waals surface area contributed by atoms with Crippen LogP contribution in [0.15, 0.2) is 0 Å². The third-order valence-corrected chi connectivity index (χ3v) is 5.04. The van der Waals surface area contributed by atoms with Crippen molar-refractivity contribution in [2.24, 2.45) is 0 Å². The number of carboxylic acids is 1. The smallest absolute Gasteiger partial charge is 0.305 e. The second-order valence-electron chi connectivity index (χ2n) is 6.46. The van der Waals surface area contributed by atoms with E-state index in [4.69, 9.17) is 0 Å². The molecule has 110 valence electrons. The van der Waals surface area contributed by atoms with Gasteiger partial charge in [0.25, 0.3) is 0 Å². The summed E-state index contributed by atoms with van der Waals surface area (Å²) in [6.45, 7) is 2.24. The van der Waals surface area contributed by atoms with Gasteiger partial charge in [-0.2, -0.15) is 0 Å². The topological polar surface area (TPSA) is 40.5 Å². The number of hydrogen-bond donors (Lipinski definition) is 1. The summed E-state index contributed by atoms with van der Waals surface area (Å²) < 4.78 is 0. The van der Waals surface area contributed by atoms with Crippen LogP contribution in [0.4, 0.5) is 0 Å². The van der Waals surface area contributed by atoms with Gasteiger partial charge in [-0.1, -0.05) is 44.9 Å². The van der Waals surface area contributed by atoms with Crippen molar-refractivity contribution in [1.29, 1.82) is 0 Å². The van der Waals surface area contributed by atoms with Crippen LogP contribution < -0.4 is 0 Å². The Hall–Kier alpha value is -0.570. The fraction of sp³-hybridized carbons (Fsp3) is 0.938. The Morgan fingerprint density at radius 1 is 0.842 bits per heavy atom. The normalized spacial score (nSPS) is 26.1. The molecule has 0 atom stereocenters. The van der Waals surface area contributed by atoms with Crippen molar-refractivity contribution in [2.75, 3.05) is 13.1 Å². The van der Waals surface area contributed by atoms with Gasteiger partial charge in [-0.05, 0) is 38.8 Å². The molecular weight excluding hydrogens is 238 g/mol. The Balaban J connectivity index is 2.12. The van der Waals surface area contributed by atoms with Crippen LogP contribution in [-0.2, 0) is 4.79 Å². The summed E-state index contributed by atoms with van der Waals surface area (Å²) in [5.41, 5.74) is -0.0312. The van der Waals surface area contributed by atoms with Crippen LogP contribution in [0.2, 0.25) is 0 Å². The molecule has 0 aromatic rings. The van der Waals surface area contributed by atoms with Crippen LogP contribution >= 0.6 is 0 Å². The van der Waals surface area contributed by atoms with Crippen molar-refractivity contribution >= 4 is 5.97 Å². The Morgan fingerprint density at radius 2 is 1.32 bits per heavy atom. The van der Waals surface area contributed by atoms with Gasteiger partial charge in [0.1, 0.15) is 0 Å². The van der Waals surface area contributed by atoms with Crippen LogP contribution in [0.25, 0.3) is 0 Å². The van der Waals surface area contributed by atoms with Crippen molar-refractivity contribution in [3.63, 3.8) is 0 Å². The van der Waals surface area contributed by atoms with Crippen LogP contribution in [0.1, 0.15) is 77.0 Å². The SMILES string of the molecule is O=C(O)CC1(N2CCCCCC2)CCCCCCC1. The minimum absolute atomic E-state index is 0.0312.